The van der Waals surface area contributed by atoms with Gasteiger partial charge in [-0.05, 0) is 41.7 Å². The second kappa shape index (κ2) is 11.7. The van der Waals surface area contributed by atoms with Gasteiger partial charge in [0, 0.05) is 36.7 Å². The van der Waals surface area contributed by atoms with Crippen LogP contribution in [0, 0.1) is 0 Å². The van der Waals surface area contributed by atoms with Crippen molar-refractivity contribution < 1.29 is 13.6 Å². The Morgan fingerprint density at radius 1 is 1.06 bits per heavy atom. The zero-order chi connectivity index (χ0) is 23.8. The molecule has 0 saturated carbocycles. The summed E-state index contributed by atoms with van der Waals surface area (Å²) in [5.74, 6) is 0.203. The Labute approximate surface area is 199 Å². The molecule has 4 N–H and O–H groups in total. The highest BCUT2D eigenvalue weighted by molar-refractivity contribution is 7.78. The number of carbonyl (C=O) groups is 1. The Morgan fingerprint density at radius 2 is 1.70 bits per heavy atom. The normalized spacial score (nSPS) is 12.4. The minimum atomic E-state index is -2.11. The summed E-state index contributed by atoms with van der Waals surface area (Å²) in [5, 5.41) is 6.37. The number of carbonyl (C=O) groups excluding carboxylic acids is 1. The lowest BCUT2D eigenvalue weighted by atomic mass is 10.0. The van der Waals surface area contributed by atoms with Gasteiger partial charge in [-0.25, -0.2) is 4.98 Å². The number of aryl methyl sites for hydroxylation is 2. The van der Waals surface area contributed by atoms with E-state index in [-0.39, 0.29) is 11.7 Å². The lowest BCUT2D eigenvalue weighted by Crippen LogP contribution is -2.21. The number of amides is 1. The minimum absolute atomic E-state index is 0.00487. The van der Waals surface area contributed by atoms with E-state index in [0.29, 0.717) is 17.5 Å². The molecule has 0 fully saturated rings. The largest absolute Gasteiger partial charge is 0.772 e. The van der Waals surface area contributed by atoms with Crippen molar-refractivity contribution in [3.05, 3.63) is 75.8 Å². The molecule has 0 spiro atoms. The third kappa shape index (κ3) is 7.77. The molecule has 0 aliphatic heterocycles. The quantitative estimate of drug-likeness (QED) is 0.243. The summed E-state index contributed by atoms with van der Waals surface area (Å²) in [6.45, 7) is 1.46. The van der Waals surface area contributed by atoms with Crippen molar-refractivity contribution in [1.29, 1.82) is 0 Å². The monoisotopic (exact) mass is 484 g/mol. The van der Waals surface area contributed by atoms with Crippen LogP contribution < -0.4 is 16.4 Å². The van der Waals surface area contributed by atoms with Crippen LogP contribution in [0.15, 0.2) is 53.5 Å². The van der Waals surface area contributed by atoms with Crippen LogP contribution in [0.2, 0.25) is 0 Å². The summed E-state index contributed by atoms with van der Waals surface area (Å²) in [4.78, 5) is 21.1. The predicted molar refractivity (Wildman–Crippen MR) is 133 cm³/mol. The lowest BCUT2D eigenvalue weighted by Gasteiger charge is -2.08. The van der Waals surface area contributed by atoms with Crippen molar-refractivity contribution in [1.82, 2.24) is 4.98 Å². The molecule has 0 saturated heterocycles. The molecule has 10 heteroatoms. The molecular formula is C23H26N5O3S2-. The fourth-order valence-corrected chi connectivity index (χ4v) is 4.77. The van der Waals surface area contributed by atoms with E-state index in [4.69, 9.17) is 5.73 Å². The van der Waals surface area contributed by atoms with Crippen molar-refractivity contribution in [2.75, 3.05) is 17.7 Å². The summed E-state index contributed by atoms with van der Waals surface area (Å²) in [5.41, 5.74) is 10.5. The molecular weight excluding hydrogens is 458 g/mol. The van der Waals surface area contributed by atoms with Crippen molar-refractivity contribution >= 4 is 45.1 Å². The molecule has 2 aromatic carbocycles. The molecule has 1 aromatic heterocycles. The van der Waals surface area contributed by atoms with Crippen LogP contribution in [0.5, 0.6) is 0 Å². The summed E-state index contributed by atoms with van der Waals surface area (Å²) in [7, 11) is 1.63. The Morgan fingerprint density at radius 3 is 2.30 bits per heavy atom. The fourth-order valence-electron chi connectivity index (χ4n) is 3.22. The standard InChI is InChI=1S/C23H27N5O3S2/c1-15(29)26-23-28-20(12-9-16-7-10-19(11-8-16)27-22(24)25-2)21(32-23)13-17-3-5-18(6-4-17)14-33(30)31/h3-8,10-11H,9,12-14H2,1-2H3,(H,30,31)(H3,24,25,27)(H,26,28,29)/p-1. The highest BCUT2D eigenvalue weighted by atomic mass is 32.2. The van der Waals surface area contributed by atoms with Crippen LogP contribution in [0.25, 0.3) is 0 Å². The van der Waals surface area contributed by atoms with Gasteiger partial charge in [-0.2, -0.15) is 0 Å². The average molecular weight is 485 g/mol. The first kappa shape index (κ1) is 24.6. The highest BCUT2D eigenvalue weighted by Gasteiger charge is 2.13. The van der Waals surface area contributed by atoms with Gasteiger partial charge in [-0.1, -0.05) is 47.5 Å². The Balaban J connectivity index is 1.72. The zero-order valence-electron chi connectivity index (χ0n) is 18.5. The molecule has 1 unspecified atom stereocenters. The number of nitrogens with zero attached hydrogens (tertiary/aromatic N) is 2. The first-order chi connectivity index (χ1) is 15.8. The van der Waals surface area contributed by atoms with E-state index in [0.717, 1.165) is 45.8 Å². The number of benzene rings is 2. The van der Waals surface area contributed by atoms with Crippen molar-refractivity contribution in [2.24, 2.45) is 10.7 Å². The third-order valence-corrected chi connectivity index (χ3v) is 6.43. The molecule has 0 aliphatic carbocycles. The maximum atomic E-state index is 11.5. The van der Waals surface area contributed by atoms with E-state index in [1.807, 2.05) is 48.5 Å². The number of hydrogen-bond acceptors (Lipinski definition) is 6. The molecule has 3 rings (SSSR count). The molecule has 0 aliphatic rings. The first-order valence-corrected chi connectivity index (χ1v) is 12.4. The SMILES string of the molecule is CN=C(N)Nc1ccc(CCc2nc(NC(C)=O)sc2Cc2ccc(CS(=O)[O-])cc2)cc1. The first-order valence-electron chi connectivity index (χ1n) is 10.3. The molecule has 174 valence electrons. The van der Waals surface area contributed by atoms with Crippen LogP contribution in [0.3, 0.4) is 0 Å². The van der Waals surface area contributed by atoms with E-state index in [9.17, 15) is 13.6 Å². The van der Waals surface area contributed by atoms with Gasteiger partial charge >= 0.3 is 0 Å². The summed E-state index contributed by atoms with van der Waals surface area (Å²) in [6, 6.07) is 15.5. The Hall–Kier alpha value is -3.08. The van der Waals surface area contributed by atoms with E-state index < -0.39 is 11.1 Å². The van der Waals surface area contributed by atoms with Gasteiger partial charge in [0.1, 0.15) is 0 Å². The Bertz CT molecular complexity index is 1140. The van der Waals surface area contributed by atoms with E-state index in [2.05, 4.69) is 20.6 Å². The second-order valence-electron chi connectivity index (χ2n) is 7.44. The second-order valence-corrected chi connectivity index (χ2v) is 9.42. The van der Waals surface area contributed by atoms with Crippen molar-refractivity contribution in [3.63, 3.8) is 0 Å². The summed E-state index contributed by atoms with van der Waals surface area (Å²) in [6.07, 6.45) is 2.18. The zero-order valence-corrected chi connectivity index (χ0v) is 20.1. The van der Waals surface area contributed by atoms with E-state index >= 15 is 0 Å². The molecule has 1 atom stereocenters. The number of thiazole rings is 1. The number of nitrogens with one attached hydrogen (secondary N) is 2. The average Bonchev–Trinajstić information content (AvgIpc) is 3.14. The predicted octanol–water partition coefficient (Wildman–Crippen LogP) is 3.21. The van der Waals surface area contributed by atoms with Gasteiger partial charge in [-0.3, -0.25) is 14.0 Å². The summed E-state index contributed by atoms with van der Waals surface area (Å²) < 4.78 is 21.8. The Kier molecular flexibility index (Phi) is 8.70. The van der Waals surface area contributed by atoms with Crippen LogP contribution in [0.4, 0.5) is 10.8 Å². The molecule has 1 heterocycles. The number of hydrogen-bond donors (Lipinski definition) is 3. The van der Waals surface area contributed by atoms with Crippen LogP contribution in [0.1, 0.15) is 34.2 Å². The molecule has 8 nitrogen and oxygen atoms in total. The van der Waals surface area contributed by atoms with Crippen molar-refractivity contribution in [3.8, 4) is 0 Å². The van der Waals surface area contributed by atoms with Crippen molar-refractivity contribution in [2.45, 2.75) is 31.9 Å². The van der Waals surface area contributed by atoms with Crippen LogP contribution in [-0.4, -0.2) is 32.7 Å². The maximum Gasteiger partial charge on any atom is 0.223 e. The number of aromatic nitrogens is 1. The number of guanidine groups is 1. The molecule has 0 radical (unpaired) electrons. The molecule has 0 bridgehead atoms. The number of aliphatic imine (C=N–C) groups is 1. The van der Waals surface area contributed by atoms with Gasteiger partial charge in [-0.15, -0.1) is 11.3 Å². The van der Waals surface area contributed by atoms with E-state index in [1.165, 1.54) is 18.3 Å². The van der Waals surface area contributed by atoms with Gasteiger partial charge in [0.05, 0.1) is 5.69 Å². The topological polar surface area (TPSA) is 133 Å². The number of nitrogens with two attached hydrogens (primary N) is 1. The fraction of sp³-hybridized carbons (Fsp3) is 0.261. The number of anilines is 2. The van der Waals surface area contributed by atoms with Crippen LogP contribution in [-0.2, 0) is 40.9 Å². The molecule has 3 aromatic rings. The number of rotatable bonds is 9. The molecule has 1 amide bonds. The third-order valence-electron chi connectivity index (χ3n) is 4.85. The lowest BCUT2D eigenvalue weighted by molar-refractivity contribution is -0.114. The molecule has 33 heavy (non-hydrogen) atoms. The van der Waals surface area contributed by atoms with Gasteiger partial charge in [0.2, 0.25) is 5.91 Å². The van der Waals surface area contributed by atoms with E-state index in [1.54, 1.807) is 7.05 Å². The highest BCUT2D eigenvalue weighted by Crippen LogP contribution is 2.27. The van der Waals surface area contributed by atoms with Gasteiger partial charge < -0.3 is 20.9 Å². The maximum absolute atomic E-state index is 11.5. The van der Waals surface area contributed by atoms with Crippen LogP contribution >= 0.6 is 11.3 Å². The van der Waals surface area contributed by atoms with Gasteiger partial charge in [0.25, 0.3) is 0 Å². The van der Waals surface area contributed by atoms with Gasteiger partial charge in [0.15, 0.2) is 11.1 Å². The minimum Gasteiger partial charge on any atom is -0.772 e. The smallest absolute Gasteiger partial charge is 0.223 e. The summed E-state index contributed by atoms with van der Waals surface area (Å²) >= 11 is -0.642.